The fourth-order valence-corrected chi connectivity index (χ4v) is 2.24. The number of carbonyl (C=O) groups is 1. The standard InChI is InChI=1S/C14H21N3O/c1-3-17(2)14(18)16-10-13-12-7-5-4-6-11(12)8-9-15-13/h4-7,13,15H,3,8-10H2,1-2H3,(H,16,18). The van der Waals surface area contributed by atoms with Crippen molar-refractivity contribution in [2.75, 3.05) is 26.7 Å². The number of hydrogen-bond acceptors (Lipinski definition) is 2. The van der Waals surface area contributed by atoms with Crippen LogP contribution in [0.4, 0.5) is 4.79 Å². The predicted molar refractivity (Wildman–Crippen MR) is 72.6 cm³/mol. The van der Waals surface area contributed by atoms with E-state index in [0.717, 1.165) is 19.5 Å². The maximum Gasteiger partial charge on any atom is 0.317 e. The Morgan fingerprint density at radius 2 is 2.28 bits per heavy atom. The summed E-state index contributed by atoms with van der Waals surface area (Å²) in [7, 11) is 1.80. The summed E-state index contributed by atoms with van der Waals surface area (Å²) in [6.07, 6.45) is 1.06. The van der Waals surface area contributed by atoms with Crippen molar-refractivity contribution < 1.29 is 4.79 Å². The molecule has 1 aromatic rings. The van der Waals surface area contributed by atoms with Crippen LogP contribution in [-0.4, -0.2) is 37.6 Å². The fraction of sp³-hybridized carbons (Fsp3) is 0.500. The first kappa shape index (κ1) is 12.9. The van der Waals surface area contributed by atoms with Gasteiger partial charge in [-0.3, -0.25) is 0 Å². The molecule has 2 N–H and O–H groups in total. The average molecular weight is 247 g/mol. The lowest BCUT2D eigenvalue weighted by Crippen LogP contribution is -2.43. The number of nitrogens with zero attached hydrogens (tertiary/aromatic N) is 1. The number of fused-ring (bicyclic) bond motifs is 1. The Hall–Kier alpha value is -1.55. The number of rotatable bonds is 3. The summed E-state index contributed by atoms with van der Waals surface area (Å²) >= 11 is 0. The van der Waals surface area contributed by atoms with Crippen molar-refractivity contribution in [3.05, 3.63) is 35.4 Å². The van der Waals surface area contributed by atoms with Gasteiger partial charge < -0.3 is 15.5 Å². The minimum absolute atomic E-state index is 0.0117. The molecule has 18 heavy (non-hydrogen) atoms. The lowest BCUT2D eigenvalue weighted by atomic mass is 9.94. The number of benzene rings is 1. The lowest BCUT2D eigenvalue weighted by molar-refractivity contribution is 0.209. The number of carbonyl (C=O) groups excluding carboxylic acids is 1. The number of amides is 2. The highest BCUT2D eigenvalue weighted by Gasteiger charge is 2.19. The van der Waals surface area contributed by atoms with Crippen LogP contribution in [-0.2, 0) is 6.42 Å². The van der Waals surface area contributed by atoms with Crippen molar-refractivity contribution in [3.63, 3.8) is 0 Å². The maximum absolute atomic E-state index is 11.7. The average Bonchev–Trinajstić information content (AvgIpc) is 2.43. The van der Waals surface area contributed by atoms with E-state index in [4.69, 9.17) is 0 Å². The van der Waals surface area contributed by atoms with E-state index in [0.29, 0.717) is 6.54 Å². The molecule has 1 aromatic carbocycles. The first-order chi connectivity index (χ1) is 8.72. The van der Waals surface area contributed by atoms with Crippen LogP contribution < -0.4 is 10.6 Å². The molecule has 1 heterocycles. The summed E-state index contributed by atoms with van der Waals surface area (Å²) in [6.45, 7) is 4.30. The summed E-state index contributed by atoms with van der Waals surface area (Å²) in [5.74, 6) is 0. The molecule has 1 aliphatic heterocycles. The van der Waals surface area contributed by atoms with Crippen molar-refractivity contribution in [3.8, 4) is 0 Å². The van der Waals surface area contributed by atoms with Crippen molar-refractivity contribution >= 4 is 6.03 Å². The third-order valence-corrected chi connectivity index (χ3v) is 3.49. The molecule has 0 saturated carbocycles. The molecule has 2 rings (SSSR count). The number of hydrogen-bond donors (Lipinski definition) is 2. The van der Waals surface area contributed by atoms with E-state index >= 15 is 0 Å². The molecule has 4 heteroatoms. The van der Waals surface area contributed by atoms with Gasteiger partial charge in [-0.05, 0) is 31.0 Å². The molecule has 0 radical (unpaired) electrons. The Morgan fingerprint density at radius 1 is 1.50 bits per heavy atom. The van der Waals surface area contributed by atoms with Crippen LogP contribution in [0.25, 0.3) is 0 Å². The third-order valence-electron chi connectivity index (χ3n) is 3.49. The highest BCUT2D eigenvalue weighted by atomic mass is 16.2. The minimum atomic E-state index is -0.0117. The van der Waals surface area contributed by atoms with Crippen molar-refractivity contribution in [1.82, 2.24) is 15.5 Å². The Balaban J connectivity index is 1.97. The Bertz CT molecular complexity index is 419. The van der Waals surface area contributed by atoms with Crippen LogP contribution in [0.1, 0.15) is 24.1 Å². The SMILES string of the molecule is CCN(C)C(=O)NCC1NCCc2ccccc21. The van der Waals surface area contributed by atoms with Crippen LogP contribution in [0, 0.1) is 0 Å². The molecule has 0 saturated heterocycles. The van der Waals surface area contributed by atoms with Crippen molar-refractivity contribution in [2.24, 2.45) is 0 Å². The second-order valence-electron chi connectivity index (χ2n) is 4.66. The predicted octanol–water partition coefficient (Wildman–Crippen LogP) is 1.53. The lowest BCUT2D eigenvalue weighted by Gasteiger charge is -2.27. The van der Waals surface area contributed by atoms with E-state index in [1.54, 1.807) is 11.9 Å². The molecule has 98 valence electrons. The summed E-state index contributed by atoms with van der Waals surface area (Å²) < 4.78 is 0. The molecule has 4 nitrogen and oxygen atoms in total. The van der Waals surface area contributed by atoms with Gasteiger partial charge in [0.15, 0.2) is 0 Å². The second kappa shape index (κ2) is 5.87. The Labute approximate surface area is 108 Å². The van der Waals surface area contributed by atoms with E-state index in [1.807, 2.05) is 6.92 Å². The van der Waals surface area contributed by atoms with Crippen LogP contribution in [0.2, 0.25) is 0 Å². The highest BCUT2D eigenvalue weighted by Crippen LogP contribution is 2.21. The molecule has 1 aliphatic rings. The molecule has 0 bridgehead atoms. The number of nitrogens with one attached hydrogen (secondary N) is 2. The first-order valence-corrected chi connectivity index (χ1v) is 6.52. The van der Waals surface area contributed by atoms with Gasteiger partial charge in [-0.25, -0.2) is 4.79 Å². The van der Waals surface area contributed by atoms with Gasteiger partial charge in [-0.2, -0.15) is 0 Å². The van der Waals surface area contributed by atoms with Crippen molar-refractivity contribution in [1.29, 1.82) is 0 Å². The smallest absolute Gasteiger partial charge is 0.317 e. The van der Waals surface area contributed by atoms with Crippen LogP contribution in [0.3, 0.4) is 0 Å². The highest BCUT2D eigenvalue weighted by molar-refractivity contribution is 5.73. The van der Waals surface area contributed by atoms with Gasteiger partial charge >= 0.3 is 6.03 Å². The molecule has 0 spiro atoms. The Kier molecular flexibility index (Phi) is 4.20. The monoisotopic (exact) mass is 247 g/mol. The van der Waals surface area contributed by atoms with Crippen LogP contribution >= 0.6 is 0 Å². The van der Waals surface area contributed by atoms with Gasteiger partial charge in [0, 0.05) is 26.2 Å². The molecule has 1 atom stereocenters. The summed E-state index contributed by atoms with van der Waals surface area (Å²) in [5, 5.41) is 6.42. The van der Waals surface area contributed by atoms with Gasteiger partial charge in [0.25, 0.3) is 0 Å². The second-order valence-corrected chi connectivity index (χ2v) is 4.66. The van der Waals surface area contributed by atoms with Gasteiger partial charge in [0.05, 0.1) is 0 Å². The van der Waals surface area contributed by atoms with Crippen LogP contribution in [0.15, 0.2) is 24.3 Å². The zero-order chi connectivity index (χ0) is 13.0. The molecule has 0 aromatic heterocycles. The van der Waals surface area contributed by atoms with E-state index < -0.39 is 0 Å². The molecular formula is C14H21N3O. The summed E-state index contributed by atoms with van der Waals surface area (Å²) in [4.78, 5) is 13.4. The van der Waals surface area contributed by atoms with E-state index in [-0.39, 0.29) is 12.1 Å². The largest absolute Gasteiger partial charge is 0.336 e. The van der Waals surface area contributed by atoms with Gasteiger partial charge in [0.1, 0.15) is 0 Å². The number of urea groups is 1. The van der Waals surface area contributed by atoms with Crippen LogP contribution in [0.5, 0.6) is 0 Å². The minimum Gasteiger partial charge on any atom is -0.336 e. The van der Waals surface area contributed by atoms with Gasteiger partial charge in [-0.1, -0.05) is 24.3 Å². The Morgan fingerprint density at radius 3 is 3.06 bits per heavy atom. The van der Waals surface area contributed by atoms with Gasteiger partial charge in [0.2, 0.25) is 0 Å². The zero-order valence-electron chi connectivity index (χ0n) is 11.1. The summed E-state index contributed by atoms with van der Waals surface area (Å²) in [6, 6.07) is 8.65. The molecular weight excluding hydrogens is 226 g/mol. The maximum atomic E-state index is 11.7. The quantitative estimate of drug-likeness (QED) is 0.851. The third kappa shape index (κ3) is 2.82. The van der Waals surface area contributed by atoms with E-state index in [1.165, 1.54) is 11.1 Å². The normalized spacial score (nSPS) is 18.0. The van der Waals surface area contributed by atoms with Gasteiger partial charge in [-0.15, -0.1) is 0 Å². The molecule has 0 fully saturated rings. The summed E-state index contributed by atoms with van der Waals surface area (Å²) in [5.41, 5.74) is 2.70. The van der Waals surface area contributed by atoms with Crippen molar-refractivity contribution in [2.45, 2.75) is 19.4 Å². The fourth-order valence-electron chi connectivity index (χ4n) is 2.24. The first-order valence-electron chi connectivity index (χ1n) is 6.52. The van der Waals surface area contributed by atoms with E-state index in [9.17, 15) is 4.79 Å². The topological polar surface area (TPSA) is 44.4 Å². The zero-order valence-corrected chi connectivity index (χ0v) is 11.1. The van der Waals surface area contributed by atoms with E-state index in [2.05, 4.69) is 34.9 Å². The molecule has 2 amide bonds. The molecule has 1 unspecified atom stereocenters. The molecule has 0 aliphatic carbocycles.